The van der Waals surface area contributed by atoms with E-state index in [0.29, 0.717) is 62.3 Å². The second-order valence-electron chi connectivity index (χ2n) is 14.9. The van der Waals surface area contributed by atoms with Crippen LogP contribution in [0.5, 0.6) is 5.75 Å². The molecule has 10 nitrogen and oxygen atoms in total. The van der Waals surface area contributed by atoms with Gasteiger partial charge in [-0.25, -0.2) is 14.8 Å². The van der Waals surface area contributed by atoms with Gasteiger partial charge in [-0.1, -0.05) is 13.8 Å². The predicted octanol–water partition coefficient (Wildman–Crippen LogP) is 7.50. The summed E-state index contributed by atoms with van der Waals surface area (Å²) in [5, 5.41) is 11.1. The van der Waals surface area contributed by atoms with Gasteiger partial charge in [-0.3, -0.25) is 19.6 Å². The van der Waals surface area contributed by atoms with Crippen molar-refractivity contribution in [2.24, 2.45) is 11.8 Å². The first-order valence-corrected chi connectivity index (χ1v) is 18.7. The molecule has 0 aromatic carbocycles. The maximum atomic E-state index is 14.4. The third kappa shape index (κ3) is 7.62. The summed E-state index contributed by atoms with van der Waals surface area (Å²) in [6, 6.07) is 8.15. The Kier molecular flexibility index (Phi) is 10.6. The zero-order chi connectivity index (χ0) is 34.9. The van der Waals surface area contributed by atoms with Gasteiger partial charge in [0, 0.05) is 42.4 Å². The molecule has 6 rings (SSSR count). The number of thiazole rings is 1. The van der Waals surface area contributed by atoms with Crippen molar-refractivity contribution in [1.29, 1.82) is 0 Å². The lowest BCUT2D eigenvalue weighted by molar-refractivity contribution is -0.125. The average Bonchev–Trinajstić information content (AvgIpc) is 3.61. The molecule has 11 heteroatoms. The van der Waals surface area contributed by atoms with E-state index >= 15 is 0 Å². The number of carbonyl (C=O) groups excluding carboxylic acids is 2. The number of pyridine rings is 2. The number of rotatable bonds is 9. The number of ether oxygens (including phenoxy) is 2. The van der Waals surface area contributed by atoms with Crippen LogP contribution in [-0.2, 0) is 9.53 Å². The summed E-state index contributed by atoms with van der Waals surface area (Å²) < 4.78 is 11.3. The van der Waals surface area contributed by atoms with Gasteiger partial charge in [-0.05, 0) is 108 Å². The number of hydrogen-bond donors (Lipinski definition) is 1. The number of anilines is 1. The molecule has 1 unspecified atom stereocenters. The second-order valence-corrected chi connectivity index (χ2v) is 16.0. The molecule has 4 heterocycles. The topological polar surface area (TPSA) is 118 Å². The second kappa shape index (κ2) is 14.7. The summed E-state index contributed by atoms with van der Waals surface area (Å²) in [6.45, 7) is 10.9. The lowest BCUT2D eigenvalue weighted by Crippen LogP contribution is -2.69. The van der Waals surface area contributed by atoms with Gasteiger partial charge in [0.1, 0.15) is 17.7 Å². The fraction of sp³-hybridized carbons (Fsp3) is 0.605. The van der Waals surface area contributed by atoms with Crippen LogP contribution in [0, 0.1) is 18.8 Å². The van der Waals surface area contributed by atoms with Crippen molar-refractivity contribution in [3.05, 3.63) is 53.1 Å². The summed E-state index contributed by atoms with van der Waals surface area (Å²) in [7, 11) is 1.68. The van der Waals surface area contributed by atoms with Gasteiger partial charge in [0.2, 0.25) is 5.91 Å². The Balaban J connectivity index is 1.15. The first kappa shape index (κ1) is 35.3. The highest BCUT2D eigenvalue weighted by Gasteiger charge is 2.49. The van der Waals surface area contributed by atoms with Crippen molar-refractivity contribution < 1.29 is 24.2 Å². The van der Waals surface area contributed by atoms with Crippen LogP contribution in [0.15, 0.2) is 36.7 Å². The number of β-amino-alcohol motifs (C(OH)–C–C–N with tert-alkyl or cyclic N) is 1. The number of aryl methyl sites for hydroxylation is 1. The molecule has 3 aromatic heterocycles. The lowest BCUT2D eigenvalue weighted by Gasteiger charge is -2.51. The number of aliphatic hydroxyl groups excluding tert-OH is 1. The summed E-state index contributed by atoms with van der Waals surface area (Å²) in [6.07, 6.45) is 9.23. The van der Waals surface area contributed by atoms with Crippen LogP contribution in [0.25, 0.3) is 10.4 Å². The Morgan fingerprint density at radius 2 is 1.80 bits per heavy atom. The van der Waals surface area contributed by atoms with E-state index in [4.69, 9.17) is 19.4 Å². The molecule has 1 aliphatic heterocycles. The largest absolute Gasteiger partial charge is 0.495 e. The molecule has 2 aliphatic carbocycles. The molecule has 49 heavy (non-hydrogen) atoms. The monoisotopic (exact) mass is 689 g/mol. The van der Waals surface area contributed by atoms with Crippen molar-refractivity contribution in [3.63, 3.8) is 0 Å². The number of aromatic nitrogens is 3. The maximum Gasteiger partial charge on any atom is 0.410 e. The summed E-state index contributed by atoms with van der Waals surface area (Å²) >= 11 is 1.69. The smallest absolute Gasteiger partial charge is 0.410 e. The number of likely N-dealkylation sites (tertiary alicyclic amines) is 1. The first-order valence-electron chi connectivity index (χ1n) is 17.9. The molecule has 3 aromatic rings. The summed E-state index contributed by atoms with van der Waals surface area (Å²) in [5.41, 5.74) is 2.44. The normalized spacial score (nSPS) is 25.1. The van der Waals surface area contributed by atoms with E-state index in [-0.39, 0.29) is 24.0 Å². The van der Waals surface area contributed by atoms with Crippen molar-refractivity contribution in [1.82, 2.24) is 19.9 Å². The van der Waals surface area contributed by atoms with Crippen molar-refractivity contribution in [3.8, 4) is 16.2 Å². The van der Waals surface area contributed by atoms with Crippen molar-refractivity contribution in [2.45, 2.75) is 116 Å². The average molecular weight is 690 g/mol. The van der Waals surface area contributed by atoms with Crippen LogP contribution >= 0.6 is 11.3 Å². The van der Waals surface area contributed by atoms with E-state index in [2.05, 4.69) is 24.9 Å². The zero-order valence-electron chi connectivity index (χ0n) is 29.7. The molecule has 1 atom stereocenters. The quantitative estimate of drug-likeness (QED) is 0.246. The van der Waals surface area contributed by atoms with E-state index in [9.17, 15) is 14.7 Å². The van der Waals surface area contributed by atoms with Crippen molar-refractivity contribution in [2.75, 3.05) is 25.1 Å². The van der Waals surface area contributed by atoms with Crippen LogP contribution in [-0.4, -0.2) is 74.9 Å². The fourth-order valence-electron chi connectivity index (χ4n) is 7.48. The molecule has 0 radical (unpaired) electrons. The molecule has 2 amide bonds. The predicted molar refractivity (Wildman–Crippen MR) is 191 cm³/mol. The first-order chi connectivity index (χ1) is 23.4. The summed E-state index contributed by atoms with van der Waals surface area (Å²) in [5.74, 6) is 2.54. The molecule has 3 aliphatic rings. The Morgan fingerprint density at radius 3 is 2.41 bits per heavy atom. The molecule has 1 saturated heterocycles. The van der Waals surface area contributed by atoms with Gasteiger partial charge in [0.05, 0.1) is 40.9 Å². The maximum absolute atomic E-state index is 14.4. The number of carbonyl (C=O) groups is 2. The van der Waals surface area contributed by atoms with Gasteiger partial charge in [0.15, 0.2) is 0 Å². The highest BCUT2D eigenvalue weighted by atomic mass is 32.1. The molecule has 1 N–H and O–H groups in total. The van der Waals surface area contributed by atoms with Crippen LogP contribution in [0.3, 0.4) is 0 Å². The van der Waals surface area contributed by atoms with E-state index in [0.717, 1.165) is 58.3 Å². The van der Waals surface area contributed by atoms with Gasteiger partial charge < -0.3 is 14.6 Å². The minimum atomic E-state index is -0.620. The number of amides is 2. The minimum Gasteiger partial charge on any atom is -0.495 e. The molecular formula is C38H51N5O5S. The van der Waals surface area contributed by atoms with Gasteiger partial charge in [0.25, 0.3) is 0 Å². The number of aliphatic hydroxyl groups is 1. The third-order valence-electron chi connectivity index (χ3n) is 11.0. The number of hydrogen-bond acceptors (Lipinski definition) is 9. The van der Waals surface area contributed by atoms with Crippen molar-refractivity contribution >= 4 is 29.2 Å². The summed E-state index contributed by atoms with van der Waals surface area (Å²) in [4.78, 5) is 46.1. The number of methoxy groups -OCH3 is 1. The Labute approximate surface area is 294 Å². The standard InChI is InChI=1S/C38H51N5O5S/c1-23(2)35-40-20-32(49-35)28-17-18-39-34(19-28)42(21-25-7-9-26(10-8-25)30-15-16-31(47-6)24(3)41-30)36(45)27-11-13-29(14-12-27)48-37(46)43-22-33(44)38(43,4)5/h15-20,23,25-27,29,33,44H,7-14,21-22H2,1-6H3. The van der Waals surface area contributed by atoms with Crippen LogP contribution < -0.4 is 9.64 Å². The third-order valence-corrected chi connectivity index (χ3v) is 12.3. The van der Waals surface area contributed by atoms with Crippen LogP contribution in [0.4, 0.5) is 10.6 Å². The van der Waals surface area contributed by atoms with Crippen LogP contribution in [0.1, 0.15) is 107 Å². The molecular weight excluding hydrogens is 639 g/mol. The minimum absolute atomic E-state index is 0.100. The molecule has 264 valence electrons. The fourth-order valence-corrected chi connectivity index (χ4v) is 8.39. The van der Waals surface area contributed by atoms with E-state index in [1.54, 1.807) is 29.5 Å². The molecule has 3 fully saturated rings. The van der Waals surface area contributed by atoms with Crippen LogP contribution in [0.2, 0.25) is 0 Å². The van der Waals surface area contributed by atoms with Gasteiger partial charge in [-0.2, -0.15) is 0 Å². The Hall–Kier alpha value is -3.57. The molecule has 0 spiro atoms. The van der Waals surface area contributed by atoms with Gasteiger partial charge in [-0.15, -0.1) is 11.3 Å². The zero-order valence-corrected chi connectivity index (χ0v) is 30.5. The number of nitrogens with zero attached hydrogens (tertiary/aromatic N) is 5. The molecule has 0 bridgehead atoms. The lowest BCUT2D eigenvalue weighted by atomic mass is 9.79. The van der Waals surface area contributed by atoms with E-state index in [1.807, 2.05) is 50.1 Å². The Morgan fingerprint density at radius 1 is 1.06 bits per heavy atom. The van der Waals surface area contributed by atoms with Gasteiger partial charge >= 0.3 is 6.09 Å². The van der Waals surface area contributed by atoms with E-state index < -0.39 is 11.6 Å². The Bertz CT molecular complexity index is 1630. The highest BCUT2D eigenvalue weighted by Crippen LogP contribution is 2.39. The van der Waals surface area contributed by atoms with E-state index in [1.165, 1.54) is 0 Å². The highest BCUT2D eigenvalue weighted by molar-refractivity contribution is 7.15. The molecule has 2 saturated carbocycles. The SMILES string of the molecule is COc1ccc(C2CCC(CN(C(=O)C3CCC(OC(=O)N4CC(O)C4(C)C)CC3)c3cc(-c4cnc(C(C)C)s4)ccn3)CC2)nc1C.